The molecule has 24 heavy (non-hydrogen) atoms. The Labute approximate surface area is 142 Å². The number of carbonyl (C=O) groups is 2. The van der Waals surface area contributed by atoms with Crippen LogP contribution in [0.1, 0.15) is 60.9 Å². The van der Waals surface area contributed by atoms with E-state index in [-0.39, 0.29) is 18.3 Å². The van der Waals surface area contributed by atoms with Crippen LogP contribution < -0.4 is 0 Å². The number of unbranched alkanes of at least 4 members (excludes halogenated alkanes) is 1. The highest BCUT2D eigenvalue weighted by Crippen LogP contribution is 2.40. The summed E-state index contributed by atoms with van der Waals surface area (Å²) >= 11 is 0. The van der Waals surface area contributed by atoms with Crippen LogP contribution >= 0.6 is 0 Å². The van der Waals surface area contributed by atoms with Gasteiger partial charge in [0.15, 0.2) is 0 Å². The molecule has 2 N–H and O–H groups in total. The molecule has 0 bridgehead atoms. The molecule has 0 amide bonds. The summed E-state index contributed by atoms with van der Waals surface area (Å²) in [6, 6.07) is 6.78. The maximum atomic E-state index is 12.5. The van der Waals surface area contributed by atoms with Crippen molar-refractivity contribution in [2.75, 3.05) is 6.61 Å². The van der Waals surface area contributed by atoms with Crippen LogP contribution in [0.2, 0.25) is 0 Å². The molecule has 2 aliphatic rings. The fourth-order valence-electron chi connectivity index (χ4n) is 4.05. The van der Waals surface area contributed by atoms with Gasteiger partial charge in [0.1, 0.15) is 5.76 Å². The van der Waals surface area contributed by atoms with Gasteiger partial charge in [-0.15, -0.1) is 0 Å². The van der Waals surface area contributed by atoms with Crippen LogP contribution in [0.3, 0.4) is 0 Å². The molecule has 1 fully saturated rings. The Balaban J connectivity index is 1.75. The minimum atomic E-state index is -0.532. The van der Waals surface area contributed by atoms with Gasteiger partial charge in [-0.2, -0.15) is 0 Å². The maximum absolute atomic E-state index is 12.5. The first-order valence-corrected chi connectivity index (χ1v) is 8.86. The van der Waals surface area contributed by atoms with Gasteiger partial charge in [0.2, 0.25) is 11.6 Å². The van der Waals surface area contributed by atoms with E-state index in [0.29, 0.717) is 22.6 Å². The van der Waals surface area contributed by atoms with Crippen LogP contribution in [0.25, 0.3) is 5.76 Å². The fourth-order valence-corrected chi connectivity index (χ4v) is 4.05. The Hall–Kier alpha value is -1.94. The molecule has 0 atom stereocenters. The summed E-state index contributed by atoms with van der Waals surface area (Å²) in [5, 5.41) is 19.4. The predicted molar refractivity (Wildman–Crippen MR) is 91.7 cm³/mol. The average Bonchev–Trinajstić information content (AvgIpc) is 2.61. The quantitative estimate of drug-likeness (QED) is 0.638. The normalized spacial score (nSPS) is 24.2. The lowest BCUT2D eigenvalue weighted by molar-refractivity contribution is -0.112. The Morgan fingerprint density at radius 3 is 2.25 bits per heavy atom. The van der Waals surface area contributed by atoms with Crippen molar-refractivity contribution >= 4 is 17.3 Å². The molecule has 128 valence electrons. The number of allylic oxidation sites excluding steroid dienone is 1. The molecule has 4 heteroatoms. The Kier molecular flexibility index (Phi) is 5.14. The Bertz CT molecular complexity index is 666. The van der Waals surface area contributed by atoms with Gasteiger partial charge in [0, 0.05) is 23.3 Å². The van der Waals surface area contributed by atoms with E-state index in [2.05, 4.69) is 0 Å². The Morgan fingerprint density at radius 1 is 0.917 bits per heavy atom. The summed E-state index contributed by atoms with van der Waals surface area (Å²) in [6.07, 6.45) is 6.68. The molecule has 0 aliphatic heterocycles. The number of hydrogen-bond acceptors (Lipinski definition) is 4. The molecule has 0 aromatic heterocycles. The van der Waals surface area contributed by atoms with E-state index < -0.39 is 11.6 Å². The average molecular weight is 328 g/mol. The first kappa shape index (κ1) is 16.9. The van der Waals surface area contributed by atoms with E-state index >= 15 is 0 Å². The molecule has 0 radical (unpaired) electrons. The molecule has 0 heterocycles. The number of rotatable bonds is 5. The lowest BCUT2D eigenvalue weighted by Crippen LogP contribution is -2.30. The van der Waals surface area contributed by atoms with Crippen LogP contribution in [0, 0.1) is 11.8 Å². The second kappa shape index (κ2) is 7.31. The number of benzene rings is 1. The predicted octanol–water partition coefficient (Wildman–Crippen LogP) is 3.69. The number of fused-ring (bicyclic) bond motifs is 1. The molecular formula is C20H24O4. The molecule has 1 aromatic carbocycles. The number of hydrogen-bond donors (Lipinski definition) is 2. The second-order valence-corrected chi connectivity index (χ2v) is 6.90. The molecule has 0 saturated heterocycles. The molecule has 1 aromatic rings. The summed E-state index contributed by atoms with van der Waals surface area (Å²) in [6.45, 7) is 0.242. The number of Topliss-reactive ketones (excluding diaryl/α,β-unsaturated/α-hetero) is 2. The lowest BCUT2D eigenvalue weighted by atomic mass is 9.73. The zero-order valence-electron chi connectivity index (χ0n) is 13.8. The third kappa shape index (κ3) is 3.16. The highest BCUT2D eigenvalue weighted by atomic mass is 16.3. The molecule has 0 unspecified atom stereocenters. The molecule has 3 rings (SSSR count). The summed E-state index contributed by atoms with van der Waals surface area (Å²) in [4.78, 5) is 24.8. The largest absolute Gasteiger partial charge is 0.507 e. The van der Waals surface area contributed by atoms with E-state index in [4.69, 9.17) is 5.11 Å². The third-order valence-corrected chi connectivity index (χ3v) is 5.41. The first-order valence-electron chi connectivity index (χ1n) is 8.86. The smallest absolute Gasteiger partial charge is 0.234 e. The van der Waals surface area contributed by atoms with E-state index in [9.17, 15) is 14.7 Å². The van der Waals surface area contributed by atoms with Crippen LogP contribution in [0.5, 0.6) is 0 Å². The van der Waals surface area contributed by atoms with Crippen LogP contribution in [-0.2, 0) is 4.79 Å². The van der Waals surface area contributed by atoms with E-state index in [1.165, 1.54) is 0 Å². The highest BCUT2D eigenvalue weighted by Gasteiger charge is 2.37. The summed E-state index contributed by atoms with van der Waals surface area (Å²) in [5.74, 6) is -0.432. The minimum Gasteiger partial charge on any atom is -0.507 e. The molecule has 4 nitrogen and oxygen atoms in total. The number of ketones is 2. The van der Waals surface area contributed by atoms with Gasteiger partial charge in [-0.3, -0.25) is 9.59 Å². The van der Waals surface area contributed by atoms with Gasteiger partial charge < -0.3 is 10.2 Å². The van der Waals surface area contributed by atoms with Crippen molar-refractivity contribution in [1.82, 2.24) is 0 Å². The first-order chi connectivity index (χ1) is 11.6. The maximum Gasteiger partial charge on any atom is 0.234 e. The van der Waals surface area contributed by atoms with Gasteiger partial charge in [-0.1, -0.05) is 37.1 Å². The van der Waals surface area contributed by atoms with Crippen molar-refractivity contribution in [3.05, 3.63) is 41.0 Å². The topological polar surface area (TPSA) is 74.6 Å². The van der Waals surface area contributed by atoms with Gasteiger partial charge in [-0.25, -0.2) is 0 Å². The molecule has 1 saturated carbocycles. The molecular weight excluding hydrogens is 304 g/mol. The standard InChI is InChI=1S/C20H24O4/c21-12-4-3-5-13-8-10-14(11-9-13)17-18(22)15-6-1-2-7-16(15)19(23)20(17)24/h1-2,6-7,13-14,21-22H,3-5,8-12H2. The lowest BCUT2D eigenvalue weighted by Gasteiger charge is -2.31. The van der Waals surface area contributed by atoms with Crippen LogP contribution in [-0.4, -0.2) is 28.4 Å². The summed E-state index contributed by atoms with van der Waals surface area (Å²) in [7, 11) is 0. The molecule has 2 aliphatic carbocycles. The van der Waals surface area contributed by atoms with Crippen LogP contribution in [0.15, 0.2) is 29.8 Å². The van der Waals surface area contributed by atoms with Crippen molar-refractivity contribution in [2.45, 2.75) is 44.9 Å². The Morgan fingerprint density at radius 2 is 1.58 bits per heavy atom. The van der Waals surface area contributed by atoms with E-state index in [1.807, 2.05) is 0 Å². The number of carbonyl (C=O) groups excluding carboxylic acids is 2. The van der Waals surface area contributed by atoms with E-state index in [0.717, 1.165) is 44.9 Å². The van der Waals surface area contributed by atoms with Crippen molar-refractivity contribution in [2.24, 2.45) is 11.8 Å². The zero-order chi connectivity index (χ0) is 17.1. The van der Waals surface area contributed by atoms with Gasteiger partial charge in [0.25, 0.3) is 0 Å². The van der Waals surface area contributed by atoms with Crippen molar-refractivity contribution < 1.29 is 19.8 Å². The minimum absolute atomic E-state index is 0.000990. The van der Waals surface area contributed by atoms with Crippen molar-refractivity contribution in [3.8, 4) is 0 Å². The highest BCUT2D eigenvalue weighted by molar-refractivity contribution is 6.52. The van der Waals surface area contributed by atoms with Gasteiger partial charge in [-0.05, 0) is 43.9 Å². The number of aliphatic hydroxyl groups is 2. The van der Waals surface area contributed by atoms with Gasteiger partial charge in [0.05, 0.1) is 0 Å². The monoisotopic (exact) mass is 328 g/mol. The zero-order valence-corrected chi connectivity index (χ0v) is 13.8. The van der Waals surface area contributed by atoms with Crippen molar-refractivity contribution in [3.63, 3.8) is 0 Å². The summed E-state index contributed by atoms with van der Waals surface area (Å²) < 4.78 is 0. The molecule has 0 spiro atoms. The third-order valence-electron chi connectivity index (χ3n) is 5.41. The second-order valence-electron chi connectivity index (χ2n) is 6.90. The van der Waals surface area contributed by atoms with Crippen molar-refractivity contribution in [1.29, 1.82) is 0 Å². The van der Waals surface area contributed by atoms with Gasteiger partial charge >= 0.3 is 0 Å². The van der Waals surface area contributed by atoms with Crippen LogP contribution in [0.4, 0.5) is 0 Å². The van der Waals surface area contributed by atoms with E-state index in [1.54, 1.807) is 24.3 Å². The summed E-state index contributed by atoms with van der Waals surface area (Å²) in [5.41, 5.74) is 1.12. The fraction of sp³-hybridized carbons (Fsp3) is 0.500. The SMILES string of the molecule is O=C1C(=O)c2ccccc2C(O)=C1C1CCC(CCCCO)CC1. The number of aliphatic hydroxyl groups excluding tert-OH is 2.